The third kappa shape index (κ3) is 5.98. The molecule has 0 fully saturated rings. The van der Waals surface area contributed by atoms with Crippen LogP contribution in [0.3, 0.4) is 0 Å². The van der Waals surface area contributed by atoms with Gasteiger partial charge in [-0.2, -0.15) is 0 Å². The summed E-state index contributed by atoms with van der Waals surface area (Å²) in [5, 5.41) is 3.04. The van der Waals surface area contributed by atoms with Crippen molar-refractivity contribution in [3.63, 3.8) is 0 Å². The SMILES string of the molecule is COc1cc(C(=O)N2CCCCc3ccccc32)ccc1C(=O)Nc1cccc2c1nc(C(C)(C)C)n2CO[SiH](C)C. The van der Waals surface area contributed by atoms with E-state index >= 15 is 0 Å². The molecular weight excluding hydrogens is 544 g/mol. The van der Waals surface area contributed by atoms with Crippen LogP contribution in [0.15, 0.2) is 60.7 Å². The number of methoxy groups -OCH3 is 1. The van der Waals surface area contributed by atoms with Gasteiger partial charge in [0.1, 0.15) is 23.8 Å². The quantitative estimate of drug-likeness (QED) is 0.250. The Hall–Kier alpha value is -3.95. The van der Waals surface area contributed by atoms with Gasteiger partial charge in [0.05, 0.1) is 23.9 Å². The zero-order valence-corrected chi connectivity index (χ0v) is 26.5. The van der Waals surface area contributed by atoms with Crippen molar-refractivity contribution in [2.45, 2.75) is 65.3 Å². The maximum absolute atomic E-state index is 13.7. The highest BCUT2D eigenvalue weighted by atomic mass is 28.3. The van der Waals surface area contributed by atoms with Crippen LogP contribution in [0.5, 0.6) is 5.75 Å². The Morgan fingerprint density at radius 3 is 2.55 bits per heavy atom. The molecule has 4 aromatic rings. The van der Waals surface area contributed by atoms with Crippen LogP contribution in [-0.2, 0) is 23.0 Å². The molecule has 0 aliphatic carbocycles. The third-order valence-electron chi connectivity index (χ3n) is 7.53. The van der Waals surface area contributed by atoms with Crippen LogP contribution >= 0.6 is 0 Å². The minimum absolute atomic E-state index is 0.105. The van der Waals surface area contributed by atoms with Crippen LogP contribution < -0.4 is 15.0 Å². The Bertz CT molecular complexity index is 1620. The molecule has 42 heavy (non-hydrogen) atoms. The van der Waals surface area contributed by atoms with E-state index in [1.165, 1.54) is 12.7 Å². The van der Waals surface area contributed by atoms with E-state index in [0.29, 0.717) is 41.4 Å². The smallest absolute Gasteiger partial charge is 0.259 e. The lowest BCUT2D eigenvalue weighted by Gasteiger charge is -2.23. The summed E-state index contributed by atoms with van der Waals surface area (Å²) in [7, 11) is 0.255. The van der Waals surface area contributed by atoms with Gasteiger partial charge in [-0.05, 0) is 74.3 Å². The summed E-state index contributed by atoms with van der Waals surface area (Å²) in [5.41, 5.74) is 4.93. The second-order valence-corrected chi connectivity index (χ2v) is 14.5. The van der Waals surface area contributed by atoms with Crippen molar-refractivity contribution in [2.75, 3.05) is 23.9 Å². The molecular formula is C33H40N4O4Si. The second-order valence-electron chi connectivity index (χ2n) is 12.0. The van der Waals surface area contributed by atoms with Crippen molar-refractivity contribution >= 4 is 43.3 Å². The molecule has 0 bridgehead atoms. The molecule has 9 heteroatoms. The minimum Gasteiger partial charge on any atom is -0.496 e. The lowest BCUT2D eigenvalue weighted by molar-refractivity contribution is 0.0982. The zero-order valence-electron chi connectivity index (χ0n) is 25.4. The number of amides is 2. The molecule has 1 aliphatic rings. The van der Waals surface area contributed by atoms with Crippen molar-refractivity contribution in [1.82, 2.24) is 9.55 Å². The molecule has 2 heterocycles. The summed E-state index contributed by atoms with van der Waals surface area (Å²) in [6.45, 7) is 11.7. The maximum atomic E-state index is 13.7. The van der Waals surface area contributed by atoms with Gasteiger partial charge in [-0.1, -0.05) is 45.0 Å². The molecule has 8 nitrogen and oxygen atoms in total. The number of benzene rings is 3. The van der Waals surface area contributed by atoms with Crippen molar-refractivity contribution in [3.05, 3.63) is 83.2 Å². The van der Waals surface area contributed by atoms with E-state index in [1.807, 2.05) is 41.3 Å². The fourth-order valence-electron chi connectivity index (χ4n) is 5.43. The molecule has 220 valence electrons. The first-order chi connectivity index (χ1) is 20.1. The summed E-state index contributed by atoms with van der Waals surface area (Å²) in [4.78, 5) is 34.1. The first-order valence-corrected chi connectivity index (χ1v) is 17.4. The van der Waals surface area contributed by atoms with Crippen molar-refractivity contribution in [1.29, 1.82) is 0 Å². The predicted octanol–water partition coefficient (Wildman–Crippen LogP) is 6.54. The average Bonchev–Trinajstić information content (AvgIpc) is 3.23. The van der Waals surface area contributed by atoms with Crippen molar-refractivity contribution < 1.29 is 18.8 Å². The number of carbonyl (C=O) groups is 2. The average molecular weight is 585 g/mol. The number of aryl methyl sites for hydroxylation is 1. The number of rotatable bonds is 7. The Morgan fingerprint density at radius 1 is 1.02 bits per heavy atom. The third-order valence-corrected chi connectivity index (χ3v) is 8.35. The number of imidazole rings is 1. The van der Waals surface area contributed by atoms with E-state index in [-0.39, 0.29) is 17.2 Å². The number of fused-ring (bicyclic) bond motifs is 2. The largest absolute Gasteiger partial charge is 0.496 e. The number of anilines is 2. The minimum atomic E-state index is -1.26. The number of nitrogens with one attached hydrogen (secondary N) is 1. The molecule has 0 atom stereocenters. The monoisotopic (exact) mass is 584 g/mol. The molecule has 1 aliphatic heterocycles. The molecule has 0 unspecified atom stereocenters. The van der Waals surface area contributed by atoms with Gasteiger partial charge in [0.25, 0.3) is 11.8 Å². The highest BCUT2D eigenvalue weighted by Gasteiger charge is 2.26. The van der Waals surface area contributed by atoms with E-state index in [4.69, 9.17) is 14.1 Å². The van der Waals surface area contributed by atoms with Gasteiger partial charge in [-0.3, -0.25) is 9.59 Å². The number of aromatic nitrogens is 2. The first-order valence-electron chi connectivity index (χ1n) is 14.6. The van der Waals surface area contributed by atoms with E-state index in [1.54, 1.807) is 18.2 Å². The summed E-state index contributed by atoms with van der Waals surface area (Å²) >= 11 is 0. The standard InChI is InChI=1S/C33H40N4O4Si/c1-33(2,3)32-35-29-25(14-11-16-27(29)37(32)21-41-42(5)6)34-30(38)24-18-17-23(20-28(24)40-4)31(39)36-19-10-9-13-22-12-7-8-15-26(22)36/h7-8,11-12,14-18,20,42H,9-10,13,19,21H2,1-6H3,(H,34,38). The van der Waals surface area contributed by atoms with E-state index < -0.39 is 9.04 Å². The Labute approximate surface area is 249 Å². The predicted molar refractivity (Wildman–Crippen MR) is 170 cm³/mol. The maximum Gasteiger partial charge on any atom is 0.259 e. The van der Waals surface area contributed by atoms with Crippen LogP contribution in [0, 0.1) is 0 Å². The van der Waals surface area contributed by atoms with Gasteiger partial charge >= 0.3 is 0 Å². The van der Waals surface area contributed by atoms with Crippen molar-refractivity contribution in [2.24, 2.45) is 0 Å². The van der Waals surface area contributed by atoms with E-state index in [9.17, 15) is 9.59 Å². The van der Waals surface area contributed by atoms with Crippen LogP contribution in [0.2, 0.25) is 13.1 Å². The Morgan fingerprint density at radius 2 is 1.81 bits per heavy atom. The molecule has 2 amide bonds. The van der Waals surface area contributed by atoms with Gasteiger partial charge in [-0.15, -0.1) is 0 Å². The van der Waals surface area contributed by atoms with Crippen LogP contribution in [0.4, 0.5) is 11.4 Å². The fraction of sp³-hybridized carbons (Fsp3) is 0.364. The topological polar surface area (TPSA) is 85.7 Å². The summed E-state index contributed by atoms with van der Waals surface area (Å²) in [6.07, 6.45) is 2.93. The van der Waals surface area contributed by atoms with E-state index in [0.717, 1.165) is 36.3 Å². The fourth-order valence-corrected chi connectivity index (χ4v) is 5.88. The first kappa shape index (κ1) is 29.5. The molecule has 3 aromatic carbocycles. The molecule has 0 saturated carbocycles. The number of hydrogen-bond donors (Lipinski definition) is 1. The number of nitrogens with zero attached hydrogens (tertiary/aromatic N) is 3. The normalized spacial score (nSPS) is 13.6. The second kappa shape index (κ2) is 12.1. The highest BCUT2D eigenvalue weighted by molar-refractivity contribution is 6.48. The van der Waals surface area contributed by atoms with E-state index in [2.05, 4.69) is 49.8 Å². The molecule has 0 spiro atoms. The van der Waals surface area contributed by atoms with Gasteiger partial charge in [-0.25, -0.2) is 4.98 Å². The summed E-state index contributed by atoms with van der Waals surface area (Å²) < 4.78 is 13.8. The van der Waals surface area contributed by atoms with Gasteiger partial charge in [0.2, 0.25) is 0 Å². The number of para-hydroxylation sites is 2. The molecule has 1 aromatic heterocycles. The lowest BCUT2D eigenvalue weighted by Crippen LogP contribution is -2.31. The highest BCUT2D eigenvalue weighted by Crippen LogP contribution is 2.32. The van der Waals surface area contributed by atoms with Crippen LogP contribution in [-0.4, -0.2) is 44.1 Å². The van der Waals surface area contributed by atoms with Crippen molar-refractivity contribution in [3.8, 4) is 5.75 Å². The van der Waals surface area contributed by atoms with Gasteiger partial charge in [0.15, 0.2) is 9.04 Å². The Balaban J connectivity index is 1.44. The van der Waals surface area contributed by atoms with Gasteiger partial charge in [0, 0.05) is 23.2 Å². The lowest BCUT2D eigenvalue weighted by atomic mass is 9.96. The summed E-state index contributed by atoms with van der Waals surface area (Å²) in [5.74, 6) is 0.789. The molecule has 0 saturated heterocycles. The van der Waals surface area contributed by atoms with Crippen LogP contribution in [0.1, 0.15) is 65.7 Å². The molecule has 5 rings (SSSR count). The molecule has 1 N–H and O–H groups in total. The Kier molecular flexibility index (Phi) is 8.52. The van der Waals surface area contributed by atoms with Gasteiger partial charge < -0.3 is 23.9 Å². The zero-order chi connectivity index (χ0) is 30.0. The van der Waals surface area contributed by atoms with Crippen LogP contribution in [0.25, 0.3) is 11.0 Å². The summed E-state index contributed by atoms with van der Waals surface area (Å²) in [6, 6.07) is 18.8. The number of hydrogen-bond acceptors (Lipinski definition) is 5. The number of carbonyl (C=O) groups excluding carboxylic acids is 2. The molecule has 0 radical (unpaired) electrons. The number of ether oxygens (including phenoxy) is 1.